The minimum Gasteiger partial charge on any atom is -0.465 e. The minimum atomic E-state index is -0.479. The zero-order chi connectivity index (χ0) is 20.4. The molecule has 0 aliphatic heterocycles. The Balaban J connectivity index is 1.79. The molecule has 3 rings (SSSR count). The van der Waals surface area contributed by atoms with Gasteiger partial charge in [0.05, 0.1) is 23.6 Å². The van der Waals surface area contributed by atoms with E-state index in [0.717, 1.165) is 11.1 Å². The van der Waals surface area contributed by atoms with Gasteiger partial charge in [-0.25, -0.2) is 4.79 Å². The summed E-state index contributed by atoms with van der Waals surface area (Å²) in [6.45, 7) is 7.19. The first kappa shape index (κ1) is 19.9. The summed E-state index contributed by atoms with van der Waals surface area (Å²) in [7, 11) is 1.32. The van der Waals surface area contributed by atoms with Gasteiger partial charge in [-0.05, 0) is 44.9 Å². The van der Waals surface area contributed by atoms with Crippen LogP contribution in [0.5, 0.6) is 0 Å². The maximum Gasteiger partial charge on any atom is 0.339 e. The lowest BCUT2D eigenvalue weighted by Crippen LogP contribution is -2.15. The molecular formula is C20H21N3O4S. The van der Waals surface area contributed by atoms with Crippen molar-refractivity contribution in [2.75, 3.05) is 7.11 Å². The number of benzene rings is 1. The third-order valence-corrected chi connectivity index (χ3v) is 5.44. The summed E-state index contributed by atoms with van der Waals surface area (Å²) in [6, 6.07) is 7.72. The Morgan fingerprint density at radius 2 is 1.89 bits per heavy atom. The van der Waals surface area contributed by atoms with Crippen LogP contribution in [0.4, 0.5) is 0 Å². The van der Waals surface area contributed by atoms with Crippen LogP contribution in [0.1, 0.15) is 44.6 Å². The number of esters is 1. The van der Waals surface area contributed by atoms with Gasteiger partial charge in [-0.1, -0.05) is 30.0 Å². The molecule has 0 amide bonds. The molecule has 0 bridgehead atoms. The number of nitrogens with zero attached hydrogens (tertiary/aromatic N) is 2. The van der Waals surface area contributed by atoms with Crippen molar-refractivity contribution in [1.29, 1.82) is 0 Å². The molecule has 0 radical (unpaired) electrons. The van der Waals surface area contributed by atoms with Crippen LogP contribution < -0.4 is 0 Å². The number of aryl methyl sites for hydroxylation is 2. The minimum absolute atomic E-state index is 0.156. The summed E-state index contributed by atoms with van der Waals surface area (Å²) in [6.07, 6.45) is 0. The van der Waals surface area contributed by atoms with Crippen molar-refractivity contribution in [3.8, 4) is 11.5 Å². The fourth-order valence-electron chi connectivity index (χ4n) is 2.99. The molecule has 8 heteroatoms. The SMILES string of the molecule is COC(=O)c1c(C)[nH]c(C(=O)C(C)Sc2nnc(-c3ccccc3C)o2)c1C. The molecule has 0 fully saturated rings. The maximum absolute atomic E-state index is 12.9. The third-order valence-electron chi connectivity index (χ3n) is 4.50. The molecule has 7 nitrogen and oxygen atoms in total. The Morgan fingerprint density at radius 1 is 1.18 bits per heavy atom. The highest BCUT2D eigenvalue weighted by Crippen LogP contribution is 2.30. The highest BCUT2D eigenvalue weighted by molar-refractivity contribution is 8.00. The summed E-state index contributed by atoms with van der Waals surface area (Å²) < 4.78 is 10.5. The lowest BCUT2D eigenvalue weighted by Gasteiger charge is -2.07. The first-order chi connectivity index (χ1) is 13.3. The largest absolute Gasteiger partial charge is 0.465 e. The van der Waals surface area contributed by atoms with Gasteiger partial charge in [0, 0.05) is 11.3 Å². The number of methoxy groups -OCH3 is 1. The van der Waals surface area contributed by atoms with Crippen molar-refractivity contribution in [3.63, 3.8) is 0 Å². The quantitative estimate of drug-likeness (QED) is 0.378. The van der Waals surface area contributed by atoms with Crippen LogP contribution in [0.25, 0.3) is 11.5 Å². The smallest absolute Gasteiger partial charge is 0.339 e. The molecule has 146 valence electrons. The summed E-state index contributed by atoms with van der Waals surface area (Å²) >= 11 is 1.18. The zero-order valence-electron chi connectivity index (χ0n) is 16.3. The Bertz CT molecular complexity index is 1040. The molecule has 3 aromatic rings. The van der Waals surface area contributed by atoms with E-state index in [4.69, 9.17) is 9.15 Å². The van der Waals surface area contributed by atoms with Gasteiger partial charge in [-0.15, -0.1) is 10.2 Å². The summed E-state index contributed by atoms with van der Waals surface area (Å²) in [4.78, 5) is 27.8. The highest BCUT2D eigenvalue weighted by Gasteiger charge is 2.27. The second kappa shape index (κ2) is 8.02. The number of nitrogens with one attached hydrogen (secondary N) is 1. The fourth-order valence-corrected chi connectivity index (χ4v) is 3.73. The average molecular weight is 399 g/mol. The number of aromatic nitrogens is 3. The van der Waals surface area contributed by atoms with Crippen LogP contribution in [0.2, 0.25) is 0 Å². The molecule has 0 aliphatic rings. The Labute approximate surface area is 166 Å². The van der Waals surface area contributed by atoms with E-state index in [9.17, 15) is 9.59 Å². The molecule has 28 heavy (non-hydrogen) atoms. The lowest BCUT2D eigenvalue weighted by atomic mass is 10.1. The van der Waals surface area contributed by atoms with Gasteiger partial charge >= 0.3 is 5.97 Å². The van der Waals surface area contributed by atoms with Crippen molar-refractivity contribution in [2.45, 2.75) is 38.2 Å². The van der Waals surface area contributed by atoms with Crippen LogP contribution in [0, 0.1) is 20.8 Å². The van der Waals surface area contributed by atoms with E-state index in [1.54, 1.807) is 20.8 Å². The van der Waals surface area contributed by atoms with Gasteiger partial charge in [0.25, 0.3) is 5.22 Å². The molecule has 0 spiro atoms. The van der Waals surface area contributed by atoms with E-state index in [0.29, 0.717) is 33.6 Å². The van der Waals surface area contributed by atoms with Gasteiger partial charge in [0.2, 0.25) is 5.89 Å². The van der Waals surface area contributed by atoms with Gasteiger partial charge in [-0.2, -0.15) is 0 Å². The molecular weight excluding hydrogens is 378 g/mol. The van der Waals surface area contributed by atoms with E-state index in [2.05, 4.69) is 15.2 Å². The van der Waals surface area contributed by atoms with Crippen molar-refractivity contribution in [1.82, 2.24) is 15.2 Å². The number of thioether (sulfide) groups is 1. The average Bonchev–Trinajstić information content (AvgIpc) is 3.25. The molecule has 0 saturated heterocycles. The Hall–Kier alpha value is -2.87. The van der Waals surface area contributed by atoms with Crippen molar-refractivity contribution >= 4 is 23.5 Å². The second-order valence-corrected chi connectivity index (χ2v) is 7.72. The molecule has 1 atom stereocenters. The number of rotatable bonds is 6. The molecule has 1 unspecified atom stereocenters. The van der Waals surface area contributed by atoms with E-state index in [1.807, 2.05) is 31.2 Å². The number of Topliss-reactive ketones (excluding diaryl/α,β-unsaturated/α-hetero) is 1. The molecule has 0 aliphatic carbocycles. The van der Waals surface area contributed by atoms with E-state index >= 15 is 0 Å². The number of aromatic amines is 1. The number of hydrogen-bond acceptors (Lipinski definition) is 7. The second-order valence-electron chi connectivity index (χ2n) is 6.43. The zero-order valence-corrected chi connectivity index (χ0v) is 17.1. The standard InChI is InChI=1S/C20H21N3O4S/c1-10-8-6-7-9-14(10)18-22-23-20(27-18)28-13(4)17(24)16-11(2)15(12(3)21-16)19(25)26-5/h6-9,13,21H,1-5H3. The fraction of sp³-hybridized carbons (Fsp3) is 0.300. The first-order valence-corrected chi connectivity index (χ1v) is 9.59. The third kappa shape index (κ3) is 3.73. The van der Waals surface area contributed by atoms with Crippen LogP contribution in [-0.2, 0) is 4.74 Å². The van der Waals surface area contributed by atoms with Crippen LogP contribution in [-0.4, -0.2) is 39.3 Å². The number of carbonyl (C=O) groups is 2. The Morgan fingerprint density at radius 3 is 2.57 bits per heavy atom. The summed E-state index contributed by atoms with van der Waals surface area (Å²) in [5.41, 5.74) is 3.84. The normalized spacial score (nSPS) is 12.0. The summed E-state index contributed by atoms with van der Waals surface area (Å²) in [5, 5.41) is 7.96. The summed E-state index contributed by atoms with van der Waals surface area (Å²) in [5.74, 6) is -0.207. The van der Waals surface area contributed by atoms with Crippen molar-refractivity contribution in [2.24, 2.45) is 0 Å². The van der Waals surface area contributed by atoms with Crippen molar-refractivity contribution in [3.05, 3.63) is 52.3 Å². The topological polar surface area (TPSA) is 98.1 Å². The first-order valence-electron chi connectivity index (χ1n) is 8.71. The number of hydrogen-bond donors (Lipinski definition) is 1. The molecule has 2 aromatic heterocycles. The van der Waals surface area contributed by atoms with Crippen LogP contribution >= 0.6 is 11.8 Å². The van der Waals surface area contributed by atoms with E-state index in [1.165, 1.54) is 18.9 Å². The van der Waals surface area contributed by atoms with Gasteiger partial charge in [0.15, 0.2) is 5.78 Å². The van der Waals surface area contributed by atoms with Gasteiger partial charge < -0.3 is 14.1 Å². The molecule has 2 heterocycles. The molecule has 1 aromatic carbocycles. The lowest BCUT2D eigenvalue weighted by molar-refractivity contribution is 0.0599. The maximum atomic E-state index is 12.9. The number of ketones is 1. The monoisotopic (exact) mass is 399 g/mol. The predicted molar refractivity (Wildman–Crippen MR) is 106 cm³/mol. The van der Waals surface area contributed by atoms with Gasteiger partial charge in [-0.3, -0.25) is 4.79 Å². The van der Waals surface area contributed by atoms with Crippen LogP contribution in [0.15, 0.2) is 33.9 Å². The number of ether oxygens (including phenoxy) is 1. The van der Waals surface area contributed by atoms with Gasteiger partial charge in [0.1, 0.15) is 0 Å². The van der Waals surface area contributed by atoms with Crippen molar-refractivity contribution < 1.29 is 18.7 Å². The number of carbonyl (C=O) groups excluding carboxylic acids is 2. The Kier molecular flexibility index (Phi) is 5.69. The van der Waals surface area contributed by atoms with Crippen LogP contribution in [0.3, 0.4) is 0 Å². The molecule has 1 N–H and O–H groups in total. The van der Waals surface area contributed by atoms with E-state index in [-0.39, 0.29) is 5.78 Å². The van der Waals surface area contributed by atoms with E-state index < -0.39 is 11.2 Å². The number of H-pyrrole nitrogens is 1. The highest BCUT2D eigenvalue weighted by atomic mass is 32.2. The molecule has 0 saturated carbocycles. The predicted octanol–water partition coefficient (Wildman–Crippen LogP) is 4.14.